The maximum absolute atomic E-state index is 13.1. The second-order valence-corrected chi connectivity index (χ2v) is 7.33. The molecular formula is C20H25FN4O. The number of pyridine rings is 1. The molecule has 0 N–H and O–H groups in total. The molecule has 0 radical (unpaired) electrons. The molecule has 0 amide bonds. The summed E-state index contributed by atoms with van der Waals surface area (Å²) in [5, 5.41) is 0. The van der Waals surface area contributed by atoms with Gasteiger partial charge < -0.3 is 9.47 Å². The smallest absolute Gasteiger partial charge is 0.250 e. The highest BCUT2D eigenvalue weighted by molar-refractivity contribution is 5.46. The van der Waals surface area contributed by atoms with E-state index in [0.717, 1.165) is 57.1 Å². The molecule has 0 aliphatic carbocycles. The third-order valence-electron chi connectivity index (χ3n) is 5.54. The van der Waals surface area contributed by atoms with Crippen molar-refractivity contribution in [3.05, 3.63) is 64.3 Å². The van der Waals surface area contributed by atoms with Gasteiger partial charge in [0.25, 0.3) is 5.56 Å². The van der Waals surface area contributed by atoms with Gasteiger partial charge in [0.2, 0.25) is 0 Å². The Kier molecular flexibility index (Phi) is 4.78. The summed E-state index contributed by atoms with van der Waals surface area (Å²) < 4.78 is 14.7. The van der Waals surface area contributed by atoms with Crippen LogP contribution in [-0.2, 0) is 13.6 Å². The zero-order valence-corrected chi connectivity index (χ0v) is 15.1. The summed E-state index contributed by atoms with van der Waals surface area (Å²) in [5.41, 5.74) is 2.25. The van der Waals surface area contributed by atoms with Crippen LogP contribution < -0.4 is 10.5 Å². The molecule has 4 rings (SSSR count). The normalized spacial score (nSPS) is 19.5. The molecule has 138 valence electrons. The van der Waals surface area contributed by atoms with Crippen molar-refractivity contribution in [1.29, 1.82) is 0 Å². The molecule has 2 saturated heterocycles. The van der Waals surface area contributed by atoms with Crippen molar-refractivity contribution in [2.45, 2.75) is 12.6 Å². The van der Waals surface area contributed by atoms with Crippen molar-refractivity contribution in [1.82, 2.24) is 14.4 Å². The monoisotopic (exact) mass is 356 g/mol. The van der Waals surface area contributed by atoms with Crippen molar-refractivity contribution in [2.75, 3.05) is 44.2 Å². The SMILES string of the molecule is Cn1ccc(CN2CC(N3CCN(c4ccc(F)cc4)CC3)C2)cc1=O. The first-order chi connectivity index (χ1) is 12.6. The molecule has 1 aromatic carbocycles. The predicted molar refractivity (Wildman–Crippen MR) is 101 cm³/mol. The molecule has 0 saturated carbocycles. The Labute approximate surface area is 153 Å². The lowest BCUT2D eigenvalue weighted by Crippen LogP contribution is -2.62. The number of anilines is 1. The summed E-state index contributed by atoms with van der Waals surface area (Å²) in [6.07, 6.45) is 1.84. The topological polar surface area (TPSA) is 31.7 Å². The summed E-state index contributed by atoms with van der Waals surface area (Å²) in [4.78, 5) is 19.0. The predicted octanol–water partition coefficient (Wildman–Crippen LogP) is 1.53. The van der Waals surface area contributed by atoms with Crippen LogP contribution in [0.25, 0.3) is 0 Å². The largest absolute Gasteiger partial charge is 0.369 e. The molecule has 2 fully saturated rings. The minimum atomic E-state index is -0.182. The number of hydrogen-bond acceptors (Lipinski definition) is 4. The standard InChI is InChI=1S/C20H25FN4O/c1-22-7-6-16(12-20(22)26)13-23-14-19(15-23)25-10-8-24(9-11-25)18-4-2-17(21)3-5-18/h2-7,12,19H,8-11,13-15H2,1H3. The quantitative estimate of drug-likeness (QED) is 0.832. The number of nitrogens with zero attached hydrogens (tertiary/aromatic N) is 4. The molecule has 0 unspecified atom stereocenters. The summed E-state index contributed by atoms with van der Waals surface area (Å²) in [6, 6.07) is 11.1. The number of halogens is 1. The van der Waals surface area contributed by atoms with Crippen LogP contribution in [-0.4, -0.2) is 59.7 Å². The van der Waals surface area contributed by atoms with Crippen molar-refractivity contribution in [3.8, 4) is 0 Å². The Bertz CT molecular complexity index is 805. The average molecular weight is 356 g/mol. The van der Waals surface area contributed by atoms with Crippen molar-refractivity contribution < 1.29 is 4.39 Å². The molecule has 2 aliphatic rings. The number of aromatic nitrogens is 1. The van der Waals surface area contributed by atoms with E-state index in [-0.39, 0.29) is 11.4 Å². The van der Waals surface area contributed by atoms with Crippen molar-refractivity contribution >= 4 is 5.69 Å². The van der Waals surface area contributed by atoms with Gasteiger partial charge >= 0.3 is 0 Å². The number of aryl methyl sites for hydroxylation is 1. The fraction of sp³-hybridized carbons (Fsp3) is 0.450. The lowest BCUT2D eigenvalue weighted by Gasteiger charge is -2.48. The Morgan fingerprint density at radius 3 is 2.38 bits per heavy atom. The van der Waals surface area contributed by atoms with Crippen molar-refractivity contribution in [2.24, 2.45) is 7.05 Å². The minimum absolute atomic E-state index is 0.0523. The first-order valence-electron chi connectivity index (χ1n) is 9.21. The molecule has 0 bridgehead atoms. The van der Waals surface area contributed by atoms with Gasteiger partial charge in [-0.05, 0) is 35.9 Å². The highest BCUT2D eigenvalue weighted by Gasteiger charge is 2.33. The summed E-state index contributed by atoms with van der Waals surface area (Å²) in [5.74, 6) is -0.182. The third-order valence-corrected chi connectivity index (χ3v) is 5.54. The van der Waals surface area contributed by atoms with Crippen molar-refractivity contribution in [3.63, 3.8) is 0 Å². The van der Waals surface area contributed by atoms with Crippen LogP contribution in [0, 0.1) is 5.82 Å². The van der Waals surface area contributed by atoms with Gasteiger partial charge in [0.15, 0.2) is 0 Å². The number of likely N-dealkylation sites (tertiary alicyclic amines) is 1. The van der Waals surface area contributed by atoms with Crippen LogP contribution in [0.3, 0.4) is 0 Å². The zero-order valence-electron chi connectivity index (χ0n) is 15.1. The highest BCUT2D eigenvalue weighted by atomic mass is 19.1. The van der Waals surface area contributed by atoms with E-state index >= 15 is 0 Å². The number of benzene rings is 1. The van der Waals surface area contributed by atoms with Crippen LogP contribution >= 0.6 is 0 Å². The zero-order chi connectivity index (χ0) is 18.1. The third kappa shape index (κ3) is 3.66. The summed E-state index contributed by atoms with van der Waals surface area (Å²) >= 11 is 0. The first-order valence-corrected chi connectivity index (χ1v) is 9.21. The van der Waals surface area contributed by atoms with Gasteiger partial charge in [0.05, 0.1) is 0 Å². The van der Waals surface area contributed by atoms with Crippen LogP contribution in [0.4, 0.5) is 10.1 Å². The first kappa shape index (κ1) is 17.2. The van der Waals surface area contributed by atoms with E-state index in [0.29, 0.717) is 6.04 Å². The van der Waals surface area contributed by atoms with Crippen LogP contribution in [0.5, 0.6) is 0 Å². The fourth-order valence-electron chi connectivity index (χ4n) is 3.85. The molecule has 1 aromatic heterocycles. The minimum Gasteiger partial charge on any atom is -0.369 e. The molecule has 0 spiro atoms. The number of hydrogen-bond donors (Lipinski definition) is 0. The molecule has 2 aromatic rings. The molecule has 0 atom stereocenters. The maximum Gasteiger partial charge on any atom is 0.250 e. The summed E-state index contributed by atoms with van der Waals surface area (Å²) in [6.45, 7) is 7.02. The van der Waals surface area contributed by atoms with E-state index < -0.39 is 0 Å². The maximum atomic E-state index is 13.1. The Hall–Kier alpha value is -2.18. The van der Waals surface area contributed by atoms with E-state index in [2.05, 4.69) is 14.7 Å². The second kappa shape index (κ2) is 7.21. The molecule has 2 aliphatic heterocycles. The number of rotatable bonds is 4. The summed E-state index contributed by atoms with van der Waals surface area (Å²) in [7, 11) is 1.78. The molecule has 26 heavy (non-hydrogen) atoms. The molecule has 6 heteroatoms. The van der Waals surface area contributed by atoms with Crippen LogP contribution in [0.2, 0.25) is 0 Å². The Morgan fingerprint density at radius 2 is 1.73 bits per heavy atom. The average Bonchev–Trinajstić information content (AvgIpc) is 2.62. The van der Waals surface area contributed by atoms with E-state index in [4.69, 9.17) is 0 Å². The van der Waals surface area contributed by atoms with E-state index in [1.807, 2.05) is 24.4 Å². The van der Waals surface area contributed by atoms with Gasteiger partial charge in [-0.3, -0.25) is 14.6 Å². The lowest BCUT2D eigenvalue weighted by molar-refractivity contribution is 0.0256. The lowest BCUT2D eigenvalue weighted by atomic mass is 10.0. The molecule has 5 nitrogen and oxygen atoms in total. The highest BCUT2D eigenvalue weighted by Crippen LogP contribution is 2.22. The molecular weight excluding hydrogens is 331 g/mol. The van der Waals surface area contributed by atoms with E-state index in [9.17, 15) is 9.18 Å². The Balaban J connectivity index is 1.24. The van der Waals surface area contributed by atoms with Gasteiger partial charge in [-0.15, -0.1) is 0 Å². The van der Waals surface area contributed by atoms with Gasteiger partial charge in [-0.25, -0.2) is 4.39 Å². The Morgan fingerprint density at radius 1 is 1.04 bits per heavy atom. The van der Waals surface area contributed by atoms with Gasteiger partial charge in [-0.1, -0.05) is 0 Å². The van der Waals surface area contributed by atoms with Crippen LogP contribution in [0.15, 0.2) is 47.4 Å². The number of piperazine rings is 1. The second-order valence-electron chi connectivity index (χ2n) is 7.33. The molecule has 3 heterocycles. The van der Waals surface area contributed by atoms with Crippen LogP contribution in [0.1, 0.15) is 5.56 Å². The van der Waals surface area contributed by atoms with Gasteiger partial charge in [-0.2, -0.15) is 0 Å². The van der Waals surface area contributed by atoms with Gasteiger partial charge in [0, 0.05) is 76.9 Å². The van der Waals surface area contributed by atoms with E-state index in [1.165, 1.54) is 12.1 Å². The van der Waals surface area contributed by atoms with E-state index in [1.54, 1.807) is 17.7 Å². The van der Waals surface area contributed by atoms with Gasteiger partial charge in [0.1, 0.15) is 5.82 Å². The fourth-order valence-corrected chi connectivity index (χ4v) is 3.85.